The summed E-state index contributed by atoms with van der Waals surface area (Å²) in [5.41, 5.74) is 2.67. The molecule has 28 heavy (non-hydrogen) atoms. The molecule has 0 aliphatic carbocycles. The highest BCUT2D eigenvalue weighted by Crippen LogP contribution is 2.29. The van der Waals surface area contributed by atoms with E-state index >= 15 is 0 Å². The number of amides is 1. The Hall–Kier alpha value is -2.37. The minimum Gasteiger partial charge on any atom is -0.450 e. The SMILES string of the molecule is CCOC(=O)N(C)CCN1CCN(C(c2ccccc2)c2ccccc2)CC1. The Morgan fingerprint density at radius 3 is 2.00 bits per heavy atom. The highest BCUT2D eigenvalue weighted by molar-refractivity contribution is 5.67. The van der Waals surface area contributed by atoms with Gasteiger partial charge in [-0.25, -0.2) is 4.79 Å². The van der Waals surface area contributed by atoms with Gasteiger partial charge in [0.25, 0.3) is 0 Å². The van der Waals surface area contributed by atoms with Crippen LogP contribution in [0.1, 0.15) is 24.1 Å². The number of likely N-dealkylation sites (N-methyl/N-ethyl adjacent to an activating group) is 1. The van der Waals surface area contributed by atoms with Crippen LogP contribution >= 0.6 is 0 Å². The molecule has 0 N–H and O–H groups in total. The molecular weight excluding hydrogens is 350 g/mol. The molecule has 0 bridgehead atoms. The molecular formula is C23H31N3O2. The van der Waals surface area contributed by atoms with Crippen LogP contribution in [-0.2, 0) is 4.74 Å². The zero-order valence-electron chi connectivity index (χ0n) is 17.0. The molecule has 2 aromatic rings. The molecule has 5 nitrogen and oxygen atoms in total. The smallest absolute Gasteiger partial charge is 0.409 e. The van der Waals surface area contributed by atoms with Crippen molar-refractivity contribution in [1.82, 2.24) is 14.7 Å². The third-order valence-electron chi connectivity index (χ3n) is 5.33. The van der Waals surface area contributed by atoms with Crippen molar-refractivity contribution in [3.8, 4) is 0 Å². The Bertz CT molecular complexity index is 676. The van der Waals surface area contributed by atoms with E-state index in [0.29, 0.717) is 13.2 Å². The standard InChI is InChI=1S/C23H31N3O2/c1-3-28-23(27)24(2)14-15-25-16-18-26(19-17-25)22(20-10-6-4-7-11-20)21-12-8-5-9-13-21/h4-13,22H,3,14-19H2,1-2H3. The summed E-state index contributed by atoms with van der Waals surface area (Å²) in [5, 5.41) is 0. The van der Waals surface area contributed by atoms with E-state index < -0.39 is 0 Å². The van der Waals surface area contributed by atoms with Crippen LogP contribution in [0.2, 0.25) is 0 Å². The molecule has 0 atom stereocenters. The summed E-state index contributed by atoms with van der Waals surface area (Å²) < 4.78 is 5.05. The van der Waals surface area contributed by atoms with Crippen LogP contribution in [0.5, 0.6) is 0 Å². The van der Waals surface area contributed by atoms with Gasteiger partial charge in [0.05, 0.1) is 12.6 Å². The first kappa shape index (κ1) is 20.4. The molecule has 0 unspecified atom stereocenters. The molecule has 3 rings (SSSR count). The third-order valence-corrected chi connectivity index (χ3v) is 5.33. The normalized spacial score (nSPS) is 15.5. The van der Waals surface area contributed by atoms with E-state index in [-0.39, 0.29) is 12.1 Å². The van der Waals surface area contributed by atoms with E-state index in [1.54, 1.807) is 11.9 Å². The summed E-state index contributed by atoms with van der Waals surface area (Å²) >= 11 is 0. The second-order valence-corrected chi connectivity index (χ2v) is 7.22. The average Bonchev–Trinajstić information content (AvgIpc) is 2.75. The van der Waals surface area contributed by atoms with Crippen molar-refractivity contribution in [2.24, 2.45) is 0 Å². The van der Waals surface area contributed by atoms with Crippen LogP contribution in [0.15, 0.2) is 60.7 Å². The Morgan fingerprint density at radius 2 is 1.50 bits per heavy atom. The zero-order chi connectivity index (χ0) is 19.8. The van der Waals surface area contributed by atoms with Gasteiger partial charge < -0.3 is 9.64 Å². The predicted molar refractivity (Wildman–Crippen MR) is 112 cm³/mol. The molecule has 150 valence electrons. The lowest BCUT2D eigenvalue weighted by molar-refractivity contribution is 0.0901. The maximum absolute atomic E-state index is 11.7. The predicted octanol–water partition coefficient (Wildman–Crippen LogP) is 3.48. The van der Waals surface area contributed by atoms with Crippen molar-refractivity contribution < 1.29 is 9.53 Å². The first-order valence-electron chi connectivity index (χ1n) is 10.1. The largest absolute Gasteiger partial charge is 0.450 e. The molecule has 0 saturated carbocycles. The molecule has 0 spiro atoms. The number of nitrogens with zero attached hydrogens (tertiary/aromatic N) is 3. The summed E-state index contributed by atoms with van der Waals surface area (Å²) in [5.74, 6) is 0. The number of piperazine rings is 1. The van der Waals surface area contributed by atoms with Gasteiger partial charge in [0.15, 0.2) is 0 Å². The highest BCUT2D eigenvalue weighted by Gasteiger charge is 2.26. The van der Waals surface area contributed by atoms with Crippen LogP contribution in [0.4, 0.5) is 4.79 Å². The quantitative estimate of drug-likeness (QED) is 0.736. The minimum atomic E-state index is -0.241. The van der Waals surface area contributed by atoms with Crippen molar-refractivity contribution >= 4 is 6.09 Å². The molecule has 5 heteroatoms. The lowest BCUT2D eigenvalue weighted by Crippen LogP contribution is -2.49. The second kappa shape index (κ2) is 10.2. The lowest BCUT2D eigenvalue weighted by atomic mass is 9.96. The fourth-order valence-electron chi connectivity index (χ4n) is 3.75. The summed E-state index contributed by atoms with van der Waals surface area (Å²) in [7, 11) is 1.80. The Labute approximate surface area is 168 Å². The van der Waals surface area contributed by atoms with Gasteiger partial charge in [-0.15, -0.1) is 0 Å². The first-order valence-corrected chi connectivity index (χ1v) is 10.1. The summed E-state index contributed by atoms with van der Waals surface area (Å²) in [6.45, 7) is 7.86. The second-order valence-electron chi connectivity index (χ2n) is 7.22. The zero-order valence-corrected chi connectivity index (χ0v) is 17.0. The van der Waals surface area contributed by atoms with Crippen LogP contribution in [0, 0.1) is 0 Å². The van der Waals surface area contributed by atoms with E-state index in [2.05, 4.69) is 70.5 Å². The fraction of sp³-hybridized carbons (Fsp3) is 0.435. The summed E-state index contributed by atoms with van der Waals surface area (Å²) in [4.78, 5) is 18.4. The van der Waals surface area contributed by atoms with Gasteiger partial charge >= 0.3 is 6.09 Å². The van der Waals surface area contributed by atoms with Crippen molar-refractivity contribution in [3.63, 3.8) is 0 Å². The van der Waals surface area contributed by atoms with Gasteiger partial charge in [-0.2, -0.15) is 0 Å². The Kier molecular flexibility index (Phi) is 7.46. The van der Waals surface area contributed by atoms with Crippen LogP contribution < -0.4 is 0 Å². The number of hydrogen-bond donors (Lipinski definition) is 0. The average molecular weight is 382 g/mol. The molecule has 1 heterocycles. The molecule has 1 amide bonds. The monoisotopic (exact) mass is 381 g/mol. The number of rotatable bonds is 7. The lowest BCUT2D eigenvalue weighted by Gasteiger charge is -2.40. The number of ether oxygens (including phenoxy) is 1. The topological polar surface area (TPSA) is 36.0 Å². The van der Waals surface area contributed by atoms with Crippen molar-refractivity contribution in [2.75, 3.05) is 52.9 Å². The molecule has 0 aromatic heterocycles. The van der Waals surface area contributed by atoms with Crippen LogP contribution in [0.25, 0.3) is 0 Å². The third kappa shape index (κ3) is 5.33. The van der Waals surface area contributed by atoms with Crippen LogP contribution in [0.3, 0.4) is 0 Å². The molecule has 1 fully saturated rings. The molecule has 1 saturated heterocycles. The van der Waals surface area contributed by atoms with Crippen LogP contribution in [-0.4, -0.2) is 73.7 Å². The van der Waals surface area contributed by atoms with Gasteiger partial charge in [0, 0.05) is 46.3 Å². The first-order chi connectivity index (χ1) is 13.7. The van der Waals surface area contributed by atoms with Gasteiger partial charge in [-0.3, -0.25) is 9.80 Å². The Balaban J connectivity index is 1.59. The van der Waals surface area contributed by atoms with E-state index in [0.717, 1.165) is 32.7 Å². The molecule has 2 aromatic carbocycles. The van der Waals surface area contributed by atoms with Crippen molar-refractivity contribution in [2.45, 2.75) is 13.0 Å². The van der Waals surface area contributed by atoms with Gasteiger partial charge in [0.2, 0.25) is 0 Å². The number of benzene rings is 2. The maximum Gasteiger partial charge on any atom is 0.409 e. The van der Waals surface area contributed by atoms with E-state index in [9.17, 15) is 4.79 Å². The number of carbonyl (C=O) groups excluding carboxylic acids is 1. The van der Waals surface area contributed by atoms with Gasteiger partial charge in [-0.05, 0) is 18.1 Å². The summed E-state index contributed by atoms with van der Waals surface area (Å²) in [6, 6.07) is 21.8. The van der Waals surface area contributed by atoms with Gasteiger partial charge in [0.1, 0.15) is 0 Å². The van der Waals surface area contributed by atoms with Crippen molar-refractivity contribution in [3.05, 3.63) is 71.8 Å². The Morgan fingerprint density at radius 1 is 0.964 bits per heavy atom. The molecule has 0 radical (unpaired) electrons. The molecule has 1 aliphatic heterocycles. The molecule has 1 aliphatic rings. The fourth-order valence-corrected chi connectivity index (χ4v) is 3.75. The van der Waals surface area contributed by atoms with E-state index in [1.165, 1.54) is 11.1 Å². The minimum absolute atomic E-state index is 0.241. The highest BCUT2D eigenvalue weighted by atomic mass is 16.5. The maximum atomic E-state index is 11.7. The number of hydrogen-bond acceptors (Lipinski definition) is 4. The van der Waals surface area contributed by atoms with E-state index in [1.807, 2.05) is 6.92 Å². The number of carbonyl (C=O) groups is 1. The summed E-state index contributed by atoms with van der Waals surface area (Å²) in [6.07, 6.45) is -0.241. The van der Waals surface area contributed by atoms with Crippen molar-refractivity contribution in [1.29, 1.82) is 0 Å². The van der Waals surface area contributed by atoms with E-state index in [4.69, 9.17) is 4.74 Å². The van der Waals surface area contributed by atoms with Gasteiger partial charge in [-0.1, -0.05) is 60.7 Å².